The summed E-state index contributed by atoms with van der Waals surface area (Å²) in [5.74, 6) is -3.63. The number of rotatable bonds is 4. The number of carbonyl (C=O) groups is 2. The Morgan fingerprint density at radius 3 is 2.42 bits per heavy atom. The number of fused-ring (bicyclic) bond motifs is 1. The quantitative estimate of drug-likeness (QED) is 0.327. The van der Waals surface area contributed by atoms with Gasteiger partial charge in [0.2, 0.25) is 0 Å². The van der Waals surface area contributed by atoms with Gasteiger partial charge in [-0.15, -0.1) is 0 Å². The molecular formula is C25H17BrF2N2O3. The Labute approximate surface area is 196 Å². The molecule has 5 nitrogen and oxygen atoms in total. The number of methoxy groups -OCH3 is 1. The number of pyridine rings is 1. The minimum atomic E-state index is -1.02. The molecule has 1 heterocycles. The maximum atomic E-state index is 14.6. The summed E-state index contributed by atoms with van der Waals surface area (Å²) in [6.45, 7) is 1.75. The summed E-state index contributed by atoms with van der Waals surface area (Å²) in [4.78, 5) is 29.7. The molecular weight excluding hydrogens is 494 g/mol. The highest BCUT2D eigenvalue weighted by Crippen LogP contribution is 2.32. The number of halogens is 3. The van der Waals surface area contributed by atoms with Gasteiger partial charge in [0, 0.05) is 21.5 Å². The molecule has 3 aromatic carbocycles. The molecule has 0 radical (unpaired) electrons. The Bertz CT molecular complexity index is 1410. The first-order chi connectivity index (χ1) is 15.8. The summed E-state index contributed by atoms with van der Waals surface area (Å²) in [5.41, 5.74) is 1.88. The summed E-state index contributed by atoms with van der Waals surface area (Å²) >= 11 is 3.41. The van der Waals surface area contributed by atoms with E-state index in [1.54, 1.807) is 19.1 Å². The molecule has 4 rings (SSSR count). The fraction of sp³-hybridized carbons (Fsp3) is 0.0800. The lowest BCUT2D eigenvalue weighted by Gasteiger charge is -2.16. The normalized spacial score (nSPS) is 10.8. The van der Waals surface area contributed by atoms with E-state index < -0.39 is 34.8 Å². The molecule has 33 heavy (non-hydrogen) atoms. The highest BCUT2D eigenvalue weighted by Gasteiger charge is 2.22. The van der Waals surface area contributed by atoms with Crippen LogP contribution >= 0.6 is 15.9 Å². The monoisotopic (exact) mass is 510 g/mol. The van der Waals surface area contributed by atoms with Gasteiger partial charge in [0.05, 0.1) is 35.1 Å². The molecule has 0 saturated carbocycles. The average molecular weight is 511 g/mol. The summed E-state index contributed by atoms with van der Waals surface area (Å²) in [5, 5.41) is 2.98. The predicted octanol–water partition coefficient (Wildman–Crippen LogP) is 6.29. The van der Waals surface area contributed by atoms with E-state index in [9.17, 15) is 18.4 Å². The van der Waals surface area contributed by atoms with Crippen LogP contribution in [0, 0.1) is 18.6 Å². The Morgan fingerprint density at radius 2 is 1.73 bits per heavy atom. The van der Waals surface area contributed by atoms with Crippen molar-refractivity contribution in [1.29, 1.82) is 0 Å². The molecule has 0 spiro atoms. The number of amides is 1. The molecule has 0 aliphatic heterocycles. The lowest BCUT2D eigenvalue weighted by atomic mass is 9.97. The van der Waals surface area contributed by atoms with Crippen LogP contribution < -0.4 is 5.32 Å². The van der Waals surface area contributed by atoms with Crippen LogP contribution in [-0.4, -0.2) is 24.0 Å². The Hall–Kier alpha value is -3.65. The van der Waals surface area contributed by atoms with Gasteiger partial charge < -0.3 is 10.1 Å². The van der Waals surface area contributed by atoms with Crippen LogP contribution in [0.3, 0.4) is 0 Å². The molecule has 0 saturated heterocycles. The van der Waals surface area contributed by atoms with Gasteiger partial charge in [-0.2, -0.15) is 0 Å². The van der Waals surface area contributed by atoms with Crippen molar-refractivity contribution in [2.45, 2.75) is 6.92 Å². The fourth-order valence-corrected chi connectivity index (χ4v) is 3.96. The van der Waals surface area contributed by atoms with Crippen molar-refractivity contribution in [3.05, 3.63) is 93.5 Å². The lowest BCUT2D eigenvalue weighted by Crippen LogP contribution is -2.17. The molecule has 0 bridgehead atoms. The summed E-state index contributed by atoms with van der Waals surface area (Å²) < 4.78 is 34.2. The van der Waals surface area contributed by atoms with Gasteiger partial charge in [-0.3, -0.25) is 4.79 Å². The van der Waals surface area contributed by atoms with Gasteiger partial charge in [-0.1, -0.05) is 46.3 Å². The van der Waals surface area contributed by atoms with Crippen molar-refractivity contribution in [1.82, 2.24) is 4.98 Å². The van der Waals surface area contributed by atoms with Crippen molar-refractivity contribution >= 4 is 44.4 Å². The zero-order chi connectivity index (χ0) is 23.7. The maximum absolute atomic E-state index is 14.6. The van der Waals surface area contributed by atoms with Crippen molar-refractivity contribution < 1.29 is 23.1 Å². The van der Waals surface area contributed by atoms with Crippen LogP contribution in [0.2, 0.25) is 0 Å². The largest absolute Gasteiger partial charge is 0.465 e. The number of ether oxygens (including phenoxy) is 1. The van der Waals surface area contributed by atoms with Crippen molar-refractivity contribution in [3.63, 3.8) is 0 Å². The Morgan fingerprint density at radius 1 is 1.00 bits per heavy atom. The molecule has 4 aromatic rings. The predicted molar refractivity (Wildman–Crippen MR) is 125 cm³/mol. The first-order valence-corrected chi connectivity index (χ1v) is 10.6. The second kappa shape index (κ2) is 9.07. The smallest absolute Gasteiger partial charge is 0.340 e. The molecule has 8 heteroatoms. The van der Waals surface area contributed by atoms with Crippen LogP contribution in [-0.2, 0) is 4.74 Å². The Kier molecular flexibility index (Phi) is 6.20. The topological polar surface area (TPSA) is 68.3 Å². The van der Waals surface area contributed by atoms with E-state index >= 15 is 0 Å². The van der Waals surface area contributed by atoms with Gasteiger partial charge >= 0.3 is 5.97 Å². The van der Waals surface area contributed by atoms with Gasteiger partial charge in [0.25, 0.3) is 5.91 Å². The second-order valence-electron chi connectivity index (χ2n) is 7.25. The molecule has 1 amide bonds. The minimum Gasteiger partial charge on any atom is -0.465 e. The van der Waals surface area contributed by atoms with Crippen molar-refractivity contribution in [3.8, 4) is 11.3 Å². The summed E-state index contributed by atoms with van der Waals surface area (Å²) in [7, 11) is 1.06. The maximum Gasteiger partial charge on any atom is 0.340 e. The number of hydrogen-bond donors (Lipinski definition) is 1. The van der Waals surface area contributed by atoms with Crippen LogP contribution in [0.15, 0.2) is 65.1 Å². The molecule has 0 unspecified atom stereocenters. The number of nitrogens with zero attached hydrogens (tertiary/aromatic N) is 1. The van der Waals surface area contributed by atoms with E-state index in [-0.39, 0.29) is 5.56 Å². The molecule has 0 atom stereocenters. The summed E-state index contributed by atoms with van der Waals surface area (Å²) in [6, 6.07) is 16.1. The van der Waals surface area contributed by atoms with E-state index in [1.807, 2.05) is 36.4 Å². The van der Waals surface area contributed by atoms with Crippen LogP contribution in [0.5, 0.6) is 0 Å². The van der Waals surface area contributed by atoms with E-state index in [0.29, 0.717) is 28.2 Å². The third kappa shape index (κ3) is 4.34. The third-order valence-corrected chi connectivity index (χ3v) is 5.67. The van der Waals surface area contributed by atoms with E-state index in [0.717, 1.165) is 23.2 Å². The molecule has 0 aliphatic rings. The van der Waals surface area contributed by atoms with Crippen LogP contribution in [0.25, 0.3) is 22.2 Å². The zero-order valence-corrected chi connectivity index (χ0v) is 19.2. The van der Waals surface area contributed by atoms with Gasteiger partial charge in [0.1, 0.15) is 11.6 Å². The zero-order valence-electron chi connectivity index (χ0n) is 17.6. The highest BCUT2D eigenvalue weighted by molar-refractivity contribution is 9.10. The lowest BCUT2D eigenvalue weighted by molar-refractivity contribution is 0.0595. The minimum absolute atomic E-state index is 0.275. The molecule has 166 valence electrons. The SMILES string of the molecule is COC(=O)c1cc(F)c(NC(=O)c2c(C)c(-c3ccccc3)nc3ccc(Br)cc23)cc1F. The van der Waals surface area contributed by atoms with Crippen LogP contribution in [0.1, 0.15) is 26.3 Å². The number of benzene rings is 3. The number of hydrogen-bond acceptors (Lipinski definition) is 4. The number of carbonyl (C=O) groups excluding carboxylic acids is 2. The molecule has 1 aromatic heterocycles. The number of esters is 1. The van der Waals surface area contributed by atoms with E-state index in [4.69, 9.17) is 4.98 Å². The van der Waals surface area contributed by atoms with Crippen molar-refractivity contribution in [2.75, 3.05) is 12.4 Å². The van der Waals surface area contributed by atoms with E-state index in [1.165, 1.54) is 0 Å². The summed E-state index contributed by atoms with van der Waals surface area (Å²) in [6.07, 6.45) is 0. The van der Waals surface area contributed by atoms with Gasteiger partial charge in [0.15, 0.2) is 0 Å². The molecule has 1 N–H and O–H groups in total. The second-order valence-corrected chi connectivity index (χ2v) is 8.16. The molecule has 0 aliphatic carbocycles. The molecule has 0 fully saturated rings. The van der Waals surface area contributed by atoms with E-state index in [2.05, 4.69) is 26.0 Å². The number of anilines is 1. The Balaban J connectivity index is 1.85. The average Bonchev–Trinajstić information content (AvgIpc) is 2.80. The third-order valence-electron chi connectivity index (χ3n) is 5.17. The van der Waals surface area contributed by atoms with Gasteiger partial charge in [-0.25, -0.2) is 18.6 Å². The fourth-order valence-electron chi connectivity index (χ4n) is 3.59. The first-order valence-electron chi connectivity index (χ1n) is 9.84. The van der Waals surface area contributed by atoms with Gasteiger partial charge in [-0.05, 0) is 36.8 Å². The first kappa shape index (κ1) is 22.5. The number of nitrogens with one attached hydrogen (secondary N) is 1. The van der Waals surface area contributed by atoms with Crippen molar-refractivity contribution in [2.24, 2.45) is 0 Å². The highest BCUT2D eigenvalue weighted by atomic mass is 79.9. The number of aromatic nitrogens is 1. The standard InChI is InChI=1S/C25H17BrF2N2O3/c1-13-22(24(31)30-21-12-18(27)16(11-19(21)28)25(32)33-2)17-10-15(26)8-9-20(17)29-23(13)14-6-4-3-5-7-14/h3-12H,1-2H3,(H,30,31). The van der Waals surface area contributed by atoms with Crippen LogP contribution in [0.4, 0.5) is 14.5 Å².